The highest BCUT2D eigenvalue weighted by atomic mass is 32.2. The Hall–Kier alpha value is -1.37. The number of carbonyl (C=O) groups excluding carboxylic acids is 1. The summed E-state index contributed by atoms with van der Waals surface area (Å²) >= 11 is 0. The number of alkyl halides is 3. The number of amides is 1. The Morgan fingerprint density at radius 1 is 1.19 bits per heavy atom. The van der Waals surface area contributed by atoms with Crippen LogP contribution < -0.4 is 5.32 Å². The van der Waals surface area contributed by atoms with E-state index in [4.69, 9.17) is 0 Å². The second-order valence-electron chi connectivity index (χ2n) is 5.57. The van der Waals surface area contributed by atoms with Gasteiger partial charge in [0.1, 0.15) is 0 Å². The number of nitrogens with one attached hydrogen (secondary N) is 1. The molecule has 0 radical (unpaired) electrons. The Bertz CT molecular complexity index is 581. The zero-order chi connectivity index (χ0) is 15.2. The lowest BCUT2D eigenvalue weighted by Gasteiger charge is -2.08. The molecule has 0 spiro atoms. The third-order valence-electron chi connectivity index (χ3n) is 3.95. The molecule has 1 aromatic rings. The molecule has 0 unspecified atom stereocenters. The van der Waals surface area contributed by atoms with Gasteiger partial charge in [0.05, 0.1) is 0 Å². The van der Waals surface area contributed by atoms with Gasteiger partial charge in [-0.25, -0.2) is 4.21 Å². The lowest BCUT2D eigenvalue weighted by Crippen LogP contribution is -2.17. The molecule has 0 aromatic heterocycles. The monoisotopic (exact) mass is 317 g/mol. The highest BCUT2D eigenvalue weighted by Gasteiger charge is 2.51. The van der Waals surface area contributed by atoms with Crippen molar-refractivity contribution in [2.75, 3.05) is 5.32 Å². The summed E-state index contributed by atoms with van der Waals surface area (Å²) in [4.78, 5) is 11.6. The largest absolute Gasteiger partial charge is 0.475 e. The number of carbonyl (C=O) groups is 1. The normalized spacial score (nSPS) is 26.2. The first-order chi connectivity index (χ1) is 9.86. The predicted octanol–water partition coefficient (Wildman–Crippen LogP) is 3.30. The number of hydrogen-bond donors (Lipinski definition) is 1. The van der Waals surface area contributed by atoms with E-state index < -0.39 is 16.3 Å². The van der Waals surface area contributed by atoms with Crippen molar-refractivity contribution >= 4 is 22.4 Å². The van der Waals surface area contributed by atoms with Crippen LogP contribution in [-0.2, 0) is 15.6 Å². The van der Waals surface area contributed by atoms with E-state index in [0.29, 0.717) is 17.5 Å². The van der Waals surface area contributed by atoms with Gasteiger partial charge in [-0.1, -0.05) is 0 Å². The van der Waals surface area contributed by atoms with Crippen molar-refractivity contribution in [3.05, 3.63) is 24.3 Å². The maximum atomic E-state index is 12.3. The molecule has 0 bridgehead atoms. The minimum Gasteiger partial charge on any atom is -0.326 e. The van der Waals surface area contributed by atoms with Crippen molar-refractivity contribution in [3.63, 3.8) is 0 Å². The summed E-state index contributed by atoms with van der Waals surface area (Å²) in [6.07, 6.45) is 3.31. The van der Waals surface area contributed by atoms with Crippen LogP contribution in [0.2, 0.25) is 0 Å². The van der Waals surface area contributed by atoms with Crippen molar-refractivity contribution in [3.8, 4) is 0 Å². The van der Waals surface area contributed by atoms with Gasteiger partial charge < -0.3 is 5.32 Å². The Kier molecular flexibility index (Phi) is 3.55. The summed E-state index contributed by atoms with van der Waals surface area (Å²) in [7, 11) is -3.03. The van der Waals surface area contributed by atoms with Crippen molar-refractivity contribution in [1.82, 2.24) is 0 Å². The highest BCUT2D eigenvalue weighted by molar-refractivity contribution is 7.86. The van der Waals surface area contributed by atoms with Crippen molar-refractivity contribution < 1.29 is 22.2 Å². The molecular weight excluding hydrogens is 303 g/mol. The van der Waals surface area contributed by atoms with Gasteiger partial charge in [0.2, 0.25) is 5.91 Å². The fourth-order valence-electron chi connectivity index (χ4n) is 2.59. The molecule has 0 saturated heterocycles. The van der Waals surface area contributed by atoms with Gasteiger partial charge in [-0.3, -0.25) is 4.79 Å². The molecule has 2 aliphatic carbocycles. The lowest BCUT2D eigenvalue weighted by molar-refractivity contribution is -0.117. The van der Waals surface area contributed by atoms with Gasteiger partial charge in [-0.15, -0.1) is 0 Å². The second-order valence-corrected chi connectivity index (χ2v) is 7.04. The van der Waals surface area contributed by atoms with E-state index in [1.165, 1.54) is 25.0 Å². The molecule has 0 heterocycles. The van der Waals surface area contributed by atoms with Gasteiger partial charge in [0.15, 0.2) is 10.8 Å². The highest BCUT2D eigenvalue weighted by Crippen LogP contribution is 2.54. The van der Waals surface area contributed by atoms with Crippen LogP contribution in [0.1, 0.15) is 19.3 Å². The number of benzene rings is 1. The fraction of sp³-hybridized carbons (Fsp3) is 0.500. The fourth-order valence-corrected chi connectivity index (χ4v) is 3.24. The predicted molar refractivity (Wildman–Crippen MR) is 71.9 cm³/mol. The van der Waals surface area contributed by atoms with E-state index in [1.54, 1.807) is 0 Å². The molecule has 2 aliphatic rings. The van der Waals surface area contributed by atoms with Crippen LogP contribution in [0.15, 0.2) is 29.2 Å². The Balaban J connectivity index is 1.59. The molecule has 114 valence electrons. The minimum atomic E-state index is -4.77. The van der Waals surface area contributed by atoms with Gasteiger partial charge in [0.25, 0.3) is 0 Å². The van der Waals surface area contributed by atoms with Crippen LogP contribution in [0.5, 0.6) is 0 Å². The summed E-state index contributed by atoms with van der Waals surface area (Å²) in [5.41, 5.74) is -4.33. The van der Waals surface area contributed by atoms with E-state index >= 15 is 0 Å². The molecule has 1 amide bonds. The Morgan fingerprint density at radius 2 is 1.81 bits per heavy atom. The molecular formula is C14H14F3NO2S. The van der Waals surface area contributed by atoms with Crippen LogP contribution >= 0.6 is 0 Å². The average Bonchev–Trinajstić information content (AvgIpc) is 3.27. The number of rotatable bonds is 4. The topological polar surface area (TPSA) is 46.2 Å². The average molecular weight is 317 g/mol. The molecule has 3 nitrogen and oxygen atoms in total. The SMILES string of the molecule is O=C(Nc1ccc([S@](=O)C(F)(F)F)cc1)[C@H]1C[C@@H]1C1CC1. The first kappa shape index (κ1) is 14.6. The third-order valence-corrected chi connectivity index (χ3v) is 5.07. The lowest BCUT2D eigenvalue weighted by atomic mass is 10.2. The molecule has 21 heavy (non-hydrogen) atoms. The van der Waals surface area contributed by atoms with Gasteiger partial charge in [0, 0.05) is 16.5 Å². The summed E-state index contributed by atoms with van der Waals surface area (Å²) < 4.78 is 48.1. The molecule has 1 aromatic carbocycles. The smallest absolute Gasteiger partial charge is 0.326 e. The van der Waals surface area contributed by atoms with E-state index in [0.717, 1.165) is 18.6 Å². The van der Waals surface area contributed by atoms with Crippen LogP contribution in [0.3, 0.4) is 0 Å². The molecule has 3 rings (SSSR count). The molecule has 7 heteroatoms. The van der Waals surface area contributed by atoms with Crippen LogP contribution in [0, 0.1) is 17.8 Å². The van der Waals surface area contributed by atoms with Crippen LogP contribution in [-0.4, -0.2) is 15.6 Å². The van der Waals surface area contributed by atoms with E-state index in [9.17, 15) is 22.2 Å². The summed E-state index contributed by atoms with van der Waals surface area (Å²) in [6, 6.07) is 4.96. The number of anilines is 1. The molecule has 1 N–H and O–H groups in total. The summed E-state index contributed by atoms with van der Waals surface area (Å²) in [5, 5.41) is 2.70. The van der Waals surface area contributed by atoms with E-state index in [1.807, 2.05) is 0 Å². The van der Waals surface area contributed by atoms with E-state index in [2.05, 4.69) is 5.32 Å². The molecule has 3 atom stereocenters. The maximum absolute atomic E-state index is 12.3. The molecule has 2 fully saturated rings. The van der Waals surface area contributed by atoms with E-state index in [-0.39, 0.29) is 16.7 Å². The number of halogens is 3. The Morgan fingerprint density at radius 3 is 2.33 bits per heavy atom. The van der Waals surface area contributed by atoms with Gasteiger partial charge >= 0.3 is 5.51 Å². The third kappa shape index (κ3) is 3.28. The Labute approximate surface area is 122 Å². The zero-order valence-electron chi connectivity index (χ0n) is 11.0. The molecule has 2 saturated carbocycles. The summed E-state index contributed by atoms with van der Waals surface area (Å²) in [5.74, 6) is 1.15. The van der Waals surface area contributed by atoms with Crippen molar-refractivity contribution in [2.45, 2.75) is 29.7 Å². The second kappa shape index (κ2) is 5.12. The van der Waals surface area contributed by atoms with Crippen molar-refractivity contribution in [2.24, 2.45) is 17.8 Å². The van der Waals surface area contributed by atoms with Crippen LogP contribution in [0.4, 0.5) is 18.9 Å². The molecule has 0 aliphatic heterocycles. The summed E-state index contributed by atoms with van der Waals surface area (Å²) in [6.45, 7) is 0. The van der Waals surface area contributed by atoms with Gasteiger partial charge in [-0.05, 0) is 55.4 Å². The standard InChI is InChI=1S/C14H14F3NO2S/c15-14(16,17)21(20)10-5-3-9(4-6-10)18-13(19)12-7-11(12)8-1-2-8/h3-6,8,11-12H,1-2,7H2,(H,18,19)/t11-,12+,21+/m1/s1. The quantitative estimate of drug-likeness (QED) is 0.926. The van der Waals surface area contributed by atoms with Crippen LogP contribution in [0.25, 0.3) is 0 Å². The van der Waals surface area contributed by atoms with Gasteiger partial charge in [-0.2, -0.15) is 13.2 Å². The minimum absolute atomic E-state index is 0.0430. The zero-order valence-corrected chi connectivity index (χ0v) is 11.8. The first-order valence-corrected chi connectivity index (χ1v) is 7.91. The maximum Gasteiger partial charge on any atom is 0.475 e. The van der Waals surface area contributed by atoms with Crippen molar-refractivity contribution in [1.29, 1.82) is 0 Å². The number of hydrogen-bond acceptors (Lipinski definition) is 2. The first-order valence-electron chi connectivity index (χ1n) is 6.76.